The number of aliphatic imine (C=N–C) groups is 1. The Balaban J connectivity index is 2.26. The van der Waals surface area contributed by atoms with Crippen molar-refractivity contribution in [1.29, 1.82) is 0 Å². The molecule has 0 aromatic heterocycles. The molecule has 2 aromatic carbocycles. The molecule has 2 rings (SSSR count). The van der Waals surface area contributed by atoms with Gasteiger partial charge in [0.2, 0.25) is 9.69 Å². The Bertz CT molecular complexity index is 792. The monoisotopic (exact) mass is 443 g/mol. The predicted molar refractivity (Wildman–Crippen MR) is 119 cm³/mol. The highest BCUT2D eigenvalue weighted by Crippen LogP contribution is 2.32. The van der Waals surface area contributed by atoms with Crippen LogP contribution in [0.5, 0.6) is 0 Å². The van der Waals surface area contributed by atoms with Crippen molar-refractivity contribution in [2.24, 2.45) is 4.99 Å². The van der Waals surface area contributed by atoms with Gasteiger partial charge in [-0.15, -0.1) is 0 Å². The number of ether oxygens (including phenoxy) is 1. The van der Waals surface area contributed by atoms with Crippen LogP contribution in [0.15, 0.2) is 59.6 Å². The van der Waals surface area contributed by atoms with E-state index in [4.69, 9.17) is 51.8 Å². The maximum Gasteiger partial charge on any atom is 0.230 e. The van der Waals surface area contributed by atoms with Gasteiger partial charge in [0.25, 0.3) is 0 Å². The van der Waals surface area contributed by atoms with Crippen LogP contribution >= 0.6 is 47.0 Å². The van der Waals surface area contributed by atoms with Gasteiger partial charge < -0.3 is 15.0 Å². The minimum absolute atomic E-state index is 0.337. The zero-order valence-corrected chi connectivity index (χ0v) is 18.2. The summed E-state index contributed by atoms with van der Waals surface area (Å²) < 4.78 is 3.67. The quantitative estimate of drug-likeness (QED) is 0.308. The highest BCUT2D eigenvalue weighted by Gasteiger charge is 2.34. The molecule has 8 heteroatoms. The number of halogens is 3. The summed E-state index contributed by atoms with van der Waals surface area (Å²) in [6.07, 6.45) is -0.947. The van der Waals surface area contributed by atoms with Crippen molar-refractivity contribution in [2.45, 2.75) is 16.9 Å². The molecule has 1 N–H and O–H groups in total. The average molecular weight is 445 g/mol. The van der Waals surface area contributed by atoms with Crippen molar-refractivity contribution in [3.63, 3.8) is 0 Å². The number of hydrogen-bond donors (Lipinski definition) is 1. The van der Waals surface area contributed by atoms with Crippen molar-refractivity contribution >= 4 is 63.7 Å². The van der Waals surface area contributed by atoms with E-state index in [1.54, 1.807) is 4.90 Å². The maximum absolute atomic E-state index is 6.14. The zero-order chi connectivity index (χ0) is 20.0. The van der Waals surface area contributed by atoms with E-state index >= 15 is 0 Å². The number of methoxy groups -OCH3 is 1. The molecule has 27 heavy (non-hydrogen) atoms. The van der Waals surface area contributed by atoms with Crippen LogP contribution in [0.1, 0.15) is 11.1 Å². The smallest absolute Gasteiger partial charge is 0.230 e. The molecule has 0 saturated heterocycles. The number of alkyl halides is 3. The third-order valence-corrected chi connectivity index (χ3v) is 4.77. The first-order valence-electron chi connectivity index (χ1n) is 8.07. The van der Waals surface area contributed by atoms with E-state index in [0.29, 0.717) is 11.0 Å². The van der Waals surface area contributed by atoms with Crippen LogP contribution in [-0.4, -0.2) is 35.1 Å². The number of anilines is 1. The standard InChI is InChI=1S/C19H20Cl3N3OS/c1-13-9-11-14(12-10-13)16(26-3)23-17(19(20,21)22)24-18(27)25(2)15-7-5-4-6-8-15/h4-12,17H,1-3H3,(H,24,27)/t17-/m1/s1. The molecule has 0 fully saturated rings. The Morgan fingerprint density at radius 3 is 2.22 bits per heavy atom. The van der Waals surface area contributed by atoms with Gasteiger partial charge in [0.1, 0.15) is 0 Å². The molecule has 0 amide bonds. The van der Waals surface area contributed by atoms with Crippen LogP contribution in [0.25, 0.3) is 0 Å². The molecule has 1 atom stereocenters. The molecule has 0 bridgehead atoms. The Hall–Kier alpha value is -1.53. The molecule has 0 unspecified atom stereocenters. The fourth-order valence-corrected chi connectivity index (χ4v) is 2.76. The van der Waals surface area contributed by atoms with Crippen LogP contribution in [-0.2, 0) is 4.74 Å². The molecule has 0 radical (unpaired) electrons. The third kappa shape index (κ3) is 6.25. The second-order valence-electron chi connectivity index (χ2n) is 5.79. The van der Waals surface area contributed by atoms with Crippen LogP contribution < -0.4 is 10.2 Å². The van der Waals surface area contributed by atoms with E-state index in [0.717, 1.165) is 16.8 Å². The first kappa shape index (κ1) is 21.8. The van der Waals surface area contributed by atoms with Crippen LogP contribution in [0, 0.1) is 6.92 Å². The molecule has 0 saturated carbocycles. The number of nitrogens with one attached hydrogen (secondary N) is 1. The molecule has 0 aliphatic carbocycles. The maximum atomic E-state index is 6.14. The molecule has 144 valence electrons. The summed E-state index contributed by atoms with van der Waals surface area (Å²) in [5, 5.41) is 3.36. The SMILES string of the molecule is COC(=N[C@H](NC(=S)N(C)c1ccccc1)C(Cl)(Cl)Cl)c1ccc(C)cc1. The fraction of sp³-hybridized carbons (Fsp3) is 0.263. The highest BCUT2D eigenvalue weighted by molar-refractivity contribution is 7.80. The van der Waals surface area contributed by atoms with Crippen molar-refractivity contribution in [2.75, 3.05) is 19.1 Å². The van der Waals surface area contributed by atoms with Crippen molar-refractivity contribution in [3.8, 4) is 0 Å². The Kier molecular flexibility index (Phi) is 7.74. The van der Waals surface area contributed by atoms with Crippen molar-refractivity contribution in [1.82, 2.24) is 5.32 Å². The molecule has 0 heterocycles. The van der Waals surface area contributed by atoms with E-state index in [-0.39, 0.29) is 0 Å². The van der Waals surface area contributed by atoms with Crippen molar-refractivity contribution < 1.29 is 4.74 Å². The van der Waals surface area contributed by atoms with Crippen LogP contribution in [0.4, 0.5) is 5.69 Å². The van der Waals surface area contributed by atoms with Gasteiger partial charge in [-0.25, -0.2) is 4.99 Å². The molecule has 2 aromatic rings. The Morgan fingerprint density at radius 1 is 1.11 bits per heavy atom. The van der Waals surface area contributed by atoms with E-state index in [9.17, 15) is 0 Å². The second-order valence-corrected chi connectivity index (χ2v) is 8.55. The summed E-state index contributed by atoms with van der Waals surface area (Å²) in [6, 6.07) is 17.3. The zero-order valence-electron chi connectivity index (χ0n) is 15.1. The molecular formula is C19H20Cl3N3OS. The number of rotatable bonds is 4. The Labute approximate surface area is 180 Å². The van der Waals surface area contributed by atoms with Gasteiger partial charge in [0.15, 0.2) is 11.3 Å². The number of nitrogens with zero attached hydrogens (tertiary/aromatic N) is 2. The number of thiocarbonyl (C=S) groups is 1. The molecule has 0 aliphatic heterocycles. The van der Waals surface area contributed by atoms with Crippen LogP contribution in [0.2, 0.25) is 0 Å². The summed E-state index contributed by atoms with van der Waals surface area (Å²) in [7, 11) is 3.34. The molecule has 0 aliphatic rings. The minimum Gasteiger partial charge on any atom is -0.481 e. The lowest BCUT2D eigenvalue weighted by Gasteiger charge is -2.28. The predicted octanol–water partition coefficient (Wildman–Crippen LogP) is 5.10. The largest absolute Gasteiger partial charge is 0.481 e. The highest BCUT2D eigenvalue weighted by atomic mass is 35.6. The third-order valence-electron chi connectivity index (χ3n) is 3.76. The first-order valence-corrected chi connectivity index (χ1v) is 9.61. The average Bonchev–Trinajstić information content (AvgIpc) is 2.65. The van der Waals surface area contributed by atoms with Gasteiger partial charge in [-0.1, -0.05) is 70.7 Å². The van der Waals surface area contributed by atoms with Gasteiger partial charge in [-0.3, -0.25) is 0 Å². The summed E-state index contributed by atoms with van der Waals surface area (Å²) in [5.74, 6) is 0.337. The van der Waals surface area contributed by atoms with Gasteiger partial charge in [0.05, 0.1) is 7.11 Å². The summed E-state index contributed by atoms with van der Waals surface area (Å²) in [5.41, 5.74) is 2.79. The summed E-state index contributed by atoms with van der Waals surface area (Å²) in [4.78, 5) is 6.23. The molecular weight excluding hydrogens is 425 g/mol. The first-order chi connectivity index (χ1) is 12.7. The number of hydrogen-bond acceptors (Lipinski definition) is 3. The minimum atomic E-state index is -1.74. The van der Waals surface area contributed by atoms with Gasteiger partial charge in [0, 0.05) is 18.3 Å². The normalized spacial score (nSPS) is 13.0. The topological polar surface area (TPSA) is 36.9 Å². The molecule has 4 nitrogen and oxygen atoms in total. The van der Waals surface area contributed by atoms with E-state index in [1.165, 1.54) is 7.11 Å². The summed E-state index contributed by atoms with van der Waals surface area (Å²) >= 11 is 23.9. The van der Waals surface area contributed by atoms with Gasteiger partial charge >= 0.3 is 0 Å². The molecule has 0 spiro atoms. The number of benzene rings is 2. The van der Waals surface area contributed by atoms with Gasteiger partial charge in [-0.2, -0.15) is 0 Å². The van der Waals surface area contributed by atoms with Crippen LogP contribution in [0.3, 0.4) is 0 Å². The Morgan fingerprint density at radius 2 is 1.70 bits per heavy atom. The fourth-order valence-electron chi connectivity index (χ4n) is 2.23. The number of para-hydroxylation sites is 1. The van der Waals surface area contributed by atoms with Crippen molar-refractivity contribution in [3.05, 3.63) is 65.7 Å². The second kappa shape index (κ2) is 9.60. The number of aryl methyl sites for hydroxylation is 1. The summed E-state index contributed by atoms with van der Waals surface area (Å²) in [6.45, 7) is 2.00. The lowest BCUT2D eigenvalue weighted by molar-refractivity contribution is 0.397. The van der Waals surface area contributed by atoms with E-state index < -0.39 is 9.96 Å². The van der Waals surface area contributed by atoms with Gasteiger partial charge in [-0.05, 0) is 43.4 Å². The van der Waals surface area contributed by atoms with E-state index in [1.807, 2.05) is 68.6 Å². The van der Waals surface area contributed by atoms with E-state index in [2.05, 4.69) is 10.3 Å². The lowest BCUT2D eigenvalue weighted by atomic mass is 10.1. The lowest BCUT2D eigenvalue weighted by Crippen LogP contribution is -2.48.